The molecule has 0 saturated carbocycles. The molecule has 6 heteroatoms. The van der Waals surface area contributed by atoms with Gasteiger partial charge in [-0.2, -0.15) is 4.31 Å². The molecule has 2 rings (SSSR count). The maximum absolute atomic E-state index is 12.6. The smallest absolute Gasteiger partial charge is 0.243 e. The number of benzene rings is 1. The molecule has 0 aliphatic carbocycles. The zero-order valence-electron chi connectivity index (χ0n) is 11.4. The van der Waals surface area contributed by atoms with Gasteiger partial charge in [0.25, 0.3) is 0 Å². The summed E-state index contributed by atoms with van der Waals surface area (Å²) in [5.41, 5.74) is 0.410. The van der Waals surface area contributed by atoms with E-state index in [9.17, 15) is 18.3 Å². The minimum absolute atomic E-state index is 0.0813. The highest BCUT2D eigenvalue weighted by atomic mass is 32.2. The van der Waals surface area contributed by atoms with E-state index in [0.717, 1.165) is 6.42 Å². The fourth-order valence-corrected chi connectivity index (χ4v) is 4.21. The van der Waals surface area contributed by atoms with Crippen molar-refractivity contribution < 1.29 is 18.3 Å². The lowest BCUT2D eigenvalue weighted by Gasteiger charge is -2.22. The molecule has 0 spiro atoms. The normalized spacial score (nSPS) is 20.2. The molecule has 1 aliphatic rings. The Labute approximate surface area is 119 Å². The molecule has 1 N–H and O–H groups in total. The summed E-state index contributed by atoms with van der Waals surface area (Å²) in [7, 11) is -3.64. The molecular weight excluding hydrogens is 278 g/mol. The number of aliphatic hydroxyl groups is 1. The quantitative estimate of drug-likeness (QED) is 0.834. The number of aliphatic hydroxyl groups excluding tert-OH is 1. The van der Waals surface area contributed by atoms with Crippen LogP contribution in [0.1, 0.15) is 36.5 Å². The van der Waals surface area contributed by atoms with Crippen LogP contribution in [0.2, 0.25) is 0 Å². The van der Waals surface area contributed by atoms with Crippen molar-refractivity contribution in [2.24, 2.45) is 0 Å². The Morgan fingerprint density at radius 3 is 2.85 bits per heavy atom. The van der Waals surface area contributed by atoms with Crippen molar-refractivity contribution in [3.63, 3.8) is 0 Å². The molecule has 1 aromatic carbocycles. The van der Waals surface area contributed by atoms with Crippen molar-refractivity contribution in [2.75, 3.05) is 13.2 Å². The highest BCUT2D eigenvalue weighted by molar-refractivity contribution is 7.89. The molecule has 20 heavy (non-hydrogen) atoms. The van der Waals surface area contributed by atoms with Crippen molar-refractivity contribution in [3.05, 3.63) is 29.8 Å². The van der Waals surface area contributed by atoms with Crippen molar-refractivity contribution >= 4 is 15.8 Å². The van der Waals surface area contributed by atoms with E-state index in [0.29, 0.717) is 24.9 Å². The first kappa shape index (κ1) is 15.2. The number of rotatable bonds is 5. The highest BCUT2D eigenvalue weighted by Gasteiger charge is 2.34. The molecule has 0 aromatic heterocycles. The Balaban J connectivity index is 2.37. The molecule has 1 aromatic rings. The molecule has 1 atom stereocenters. The standard InChI is InChI=1S/C14H19NO4S/c1-2-14(17)11-5-3-7-13(9-11)20(18,19)15-8-4-6-12(15)10-16/h3,5,7,9,12,16H,2,4,6,8,10H2,1H3. The number of carbonyl (C=O) groups excluding carboxylic acids is 1. The van der Waals surface area contributed by atoms with Crippen LogP contribution in [0.3, 0.4) is 0 Å². The zero-order chi connectivity index (χ0) is 14.8. The van der Waals surface area contributed by atoms with E-state index in [2.05, 4.69) is 0 Å². The SMILES string of the molecule is CCC(=O)c1cccc(S(=O)(=O)N2CCCC2CO)c1. The van der Waals surface area contributed by atoms with Gasteiger partial charge in [0.2, 0.25) is 10.0 Å². The first-order valence-corrected chi connectivity index (χ1v) is 8.20. The first-order chi connectivity index (χ1) is 9.50. The van der Waals surface area contributed by atoms with E-state index in [1.54, 1.807) is 19.1 Å². The zero-order valence-corrected chi connectivity index (χ0v) is 12.3. The van der Waals surface area contributed by atoms with Crippen LogP contribution in [0.25, 0.3) is 0 Å². The second-order valence-corrected chi connectivity index (χ2v) is 6.79. The fraction of sp³-hybridized carbons (Fsp3) is 0.500. The van der Waals surface area contributed by atoms with Gasteiger partial charge in [-0.25, -0.2) is 8.42 Å². The van der Waals surface area contributed by atoms with Gasteiger partial charge in [0.15, 0.2) is 5.78 Å². The summed E-state index contributed by atoms with van der Waals surface area (Å²) in [6.45, 7) is 1.98. The average Bonchev–Trinajstić information content (AvgIpc) is 2.95. The van der Waals surface area contributed by atoms with E-state index >= 15 is 0 Å². The first-order valence-electron chi connectivity index (χ1n) is 6.76. The van der Waals surface area contributed by atoms with Crippen molar-refractivity contribution in [1.82, 2.24) is 4.31 Å². The number of hydrogen-bond acceptors (Lipinski definition) is 4. The predicted molar refractivity (Wildman–Crippen MR) is 75.1 cm³/mol. The Kier molecular flexibility index (Phi) is 4.57. The van der Waals surface area contributed by atoms with Crippen LogP contribution in [0.15, 0.2) is 29.2 Å². The Hall–Kier alpha value is -1.24. The van der Waals surface area contributed by atoms with Gasteiger partial charge in [0.1, 0.15) is 0 Å². The Morgan fingerprint density at radius 1 is 1.45 bits per heavy atom. The lowest BCUT2D eigenvalue weighted by molar-refractivity contribution is 0.0988. The monoisotopic (exact) mass is 297 g/mol. The molecule has 1 heterocycles. The molecule has 0 radical (unpaired) electrons. The van der Waals surface area contributed by atoms with Crippen LogP contribution >= 0.6 is 0 Å². The molecule has 1 unspecified atom stereocenters. The molecule has 0 amide bonds. The Bertz CT molecular complexity index is 597. The Morgan fingerprint density at radius 2 is 2.20 bits per heavy atom. The van der Waals surface area contributed by atoms with Gasteiger partial charge in [0.05, 0.1) is 11.5 Å². The second-order valence-electron chi connectivity index (χ2n) is 4.90. The molecule has 5 nitrogen and oxygen atoms in total. The summed E-state index contributed by atoms with van der Waals surface area (Å²) < 4.78 is 26.5. The lowest BCUT2D eigenvalue weighted by atomic mass is 10.1. The van der Waals surface area contributed by atoms with Gasteiger partial charge >= 0.3 is 0 Å². The summed E-state index contributed by atoms with van der Waals surface area (Å²) in [5.74, 6) is -0.0813. The highest BCUT2D eigenvalue weighted by Crippen LogP contribution is 2.26. The average molecular weight is 297 g/mol. The van der Waals surface area contributed by atoms with Crippen LogP contribution in [-0.2, 0) is 10.0 Å². The lowest BCUT2D eigenvalue weighted by Crippen LogP contribution is -2.37. The van der Waals surface area contributed by atoms with Crippen LogP contribution in [0, 0.1) is 0 Å². The number of sulfonamides is 1. The van der Waals surface area contributed by atoms with Crippen LogP contribution in [0.5, 0.6) is 0 Å². The van der Waals surface area contributed by atoms with E-state index in [-0.39, 0.29) is 23.3 Å². The van der Waals surface area contributed by atoms with Gasteiger partial charge in [-0.05, 0) is 25.0 Å². The minimum atomic E-state index is -3.64. The van der Waals surface area contributed by atoms with E-state index in [4.69, 9.17) is 0 Å². The summed E-state index contributed by atoms with van der Waals surface area (Å²) >= 11 is 0. The maximum Gasteiger partial charge on any atom is 0.243 e. The summed E-state index contributed by atoms with van der Waals surface area (Å²) in [6.07, 6.45) is 1.76. The van der Waals surface area contributed by atoms with Crippen LogP contribution < -0.4 is 0 Å². The third-order valence-corrected chi connectivity index (χ3v) is 5.57. The fourth-order valence-electron chi connectivity index (χ4n) is 2.48. The predicted octanol–water partition coefficient (Wildman–Crippen LogP) is 1.42. The molecule has 1 fully saturated rings. The number of Topliss-reactive ketones (excluding diaryl/α,β-unsaturated/α-hetero) is 1. The van der Waals surface area contributed by atoms with Crippen molar-refractivity contribution in [2.45, 2.75) is 37.1 Å². The summed E-state index contributed by atoms with van der Waals surface area (Å²) in [6, 6.07) is 5.77. The number of ketones is 1. The summed E-state index contributed by atoms with van der Waals surface area (Å²) in [4.78, 5) is 11.8. The largest absolute Gasteiger partial charge is 0.395 e. The van der Waals surface area contributed by atoms with Gasteiger partial charge in [-0.1, -0.05) is 19.1 Å². The molecule has 1 saturated heterocycles. The number of hydrogen-bond donors (Lipinski definition) is 1. The van der Waals surface area contributed by atoms with E-state index < -0.39 is 10.0 Å². The molecule has 110 valence electrons. The number of carbonyl (C=O) groups is 1. The van der Waals surface area contributed by atoms with Gasteiger partial charge in [0, 0.05) is 24.6 Å². The van der Waals surface area contributed by atoms with Crippen LogP contribution in [0.4, 0.5) is 0 Å². The molecule has 0 bridgehead atoms. The van der Waals surface area contributed by atoms with Crippen molar-refractivity contribution in [3.8, 4) is 0 Å². The second kappa shape index (κ2) is 6.03. The topological polar surface area (TPSA) is 74.7 Å². The van der Waals surface area contributed by atoms with Gasteiger partial charge in [-0.15, -0.1) is 0 Å². The number of nitrogens with zero attached hydrogens (tertiary/aromatic N) is 1. The van der Waals surface area contributed by atoms with E-state index in [1.807, 2.05) is 0 Å². The molecular formula is C14H19NO4S. The summed E-state index contributed by atoms with van der Waals surface area (Å²) in [5, 5.41) is 9.27. The minimum Gasteiger partial charge on any atom is -0.395 e. The van der Waals surface area contributed by atoms with E-state index in [1.165, 1.54) is 16.4 Å². The van der Waals surface area contributed by atoms with Crippen LogP contribution in [-0.4, -0.2) is 42.8 Å². The third-order valence-electron chi connectivity index (χ3n) is 3.62. The van der Waals surface area contributed by atoms with Gasteiger partial charge in [-0.3, -0.25) is 4.79 Å². The van der Waals surface area contributed by atoms with Crippen molar-refractivity contribution in [1.29, 1.82) is 0 Å². The third kappa shape index (κ3) is 2.77. The van der Waals surface area contributed by atoms with Gasteiger partial charge < -0.3 is 5.11 Å². The maximum atomic E-state index is 12.6. The molecule has 1 aliphatic heterocycles.